The molecular weight excluding hydrogens is 248 g/mol. The Hall–Kier alpha value is -2.12. The van der Waals surface area contributed by atoms with Crippen molar-refractivity contribution in [2.24, 2.45) is 0 Å². The number of hydrogen-bond donors (Lipinski definition) is 1. The lowest BCUT2D eigenvalue weighted by Gasteiger charge is -2.19. The maximum atomic E-state index is 8.85. The summed E-state index contributed by atoms with van der Waals surface area (Å²) in [6.07, 6.45) is 5.87. The molecule has 2 aromatic heterocycles. The minimum Gasteiger partial charge on any atom is -0.350 e. The first-order chi connectivity index (χ1) is 9.46. The molecule has 0 aliphatic rings. The average molecular weight is 268 g/mol. The summed E-state index contributed by atoms with van der Waals surface area (Å²) in [5.41, 5.74) is 2.93. The number of nitriles is 1. The van der Waals surface area contributed by atoms with Crippen LogP contribution in [0, 0.1) is 11.3 Å². The van der Waals surface area contributed by atoms with Gasteiger partial charge in [-0.15, -0.1) is 0 Å². The Morgan fingerprint density at radius 2 is 2.10 bits per heavy atom. The quantitative estimate of drug-likeness (QED) is 0.927. The molecule has 0 bridgehead atoms. The van der Waals surface area contributed by atoms with Crippen LogP contribution in [0.5, 0.6) is 0 Å². The summed E-state index contributed by atoms with van der Waals surface area (Å²) in [5.74, 6) is 0. The Kier molecular flexibility index (Phi) is 4.21. The van der Waals surface area contributed by atoms with Gasteiger partial charge in [0.25, 0.3) is 0 Å². The molecule has 4 heteroatoms. The summed E-state index contributed by atoms with van der Waals surface area (Å²) < 4.78 is 2.12. The van der Waals surface area contributed by atoms with Gasteiger partial charge in [0.15, 0.2) is 0 Å². The Labute approximate surface area is 120 Å². The van der Waals surface area contributed by atoms with Gasteiger partial charge in [-0.25, -0.2) is 4.98 Å². The standard InChI is InChI=1S/C16H20N4/c1-16(2,3)19-10-14-5-7-20(12-14)11-13-4-6-18-15(8-13)9-17/h4-8,12,19H,10-11H2,1-3H3. The lowest BCUT2D eigenvalue weighted by molar-refractivity contribution is 0.424. The van der Waals surface area contributed by atoms with Crippen LogP contribution in [-0.2, 0) is 13.1 Å². The van der Waals surface area contributed by atoms with E-state index in [-0.39, 0.29) is 5.54 Å². The van der Waals surface area contributed by atoms with Crippen molar-refractivity contribution in [2.45, 2.75) is 39.4 Å². The van der Waals surface area contributed by atoms with Gasteiger partial charge < -0.3 is 9.88 Å². The summed E-state index contributed by atoms with van der Waals surface area (Å²) in [4.78, 5) is 3.98. The van der Waals surface area contributed by atoms with Crippen molar-refractivity contribution < 1.29 is 0 Å². The molecule has 0 aliphatic heterocycles. The second kappa shape index (κ2) is 5.89. The summed E-state index contributed by atoms with van der Waals surface area (Å²) >= 11 is 0. The van der Waals surface area contributed by atoms with E-state index in [1.807, 2.05) is 12.1 Å². The highest BCUT2D eigenvalue weighted by atomic mass is 15.0. The van der Waals surface area contributed by atoms with Crippen molar-refractivity contribution in [2.75, 3.05) is 0 Å². The molecule has 104 valence electrons. The lowest BCUT2D eigenvalue weighted by atomic mass is 10.1. The predicted molar refractivity (Wildman–Crippen MR) is 79.1 cm³/mol. The first-order valence-corrected chi connectivity index (χ1v) is 6.71. The number of nitrogens with one attached hydrogen (secondary N) is 1. The van der Waals surface area contributed by atoms with Gasteiger partial charge in [-0.3, -0.25) is 0 Å². The monoisotopic (exact) mass is 268 g/mol. The lowest BCUT2D eigenvalue weighted by Crippen LogP contribution is -2.34. The van der Waals surface area contributed by atoms with E-state index in [2.05, 4.69) is 60.2 Å². The van der Waals surface area contributed by atoms with Crippen molar-refractivity contribution in [3.05, 3.63) is 53.6 Å². The summed E-state index contributed by atoms with van der Waals surface area (Å²) in [6, 6.07) is 7.95. The molecular formula is C16H20N4. The van der Waals surface area contributed by atoms with Gasteiger partial charge in [0.05, 0.1) is 0 Å². The Balaban J connectivity index is 2.00. The van der Waals surface area contributed by atoms with Gasteiger partial charge in [-0.1, -0.05) is 0 Å². The van der Waals surface area contributed by atoms with Crippen LogP contribution >= 0.6 is 0 Å². The van der Waals surface area contributed by atoms with E-state index in [0.29, 0.717) is 5.69 Å². The molecule has 20 heavy (non-hydrogen) atoms. The predicted octanol–water partition coefficient (Wildman–Crippen LogP) is 2.69. The van der Waals surface area contributed by atoms with Crippen LogP contribution in [0.2, 0.25) is 0 Å². The van der Waals surface area contributed by atoms with Crippen LogP contribution in [0.3, 0.4) is 0 Å². The van der Waals surface area contributed by atoms with E-state index in [1.54, 1.807) is 6.20 Å². The van der Waals surface area contributed by atoms with Crippen molar-refractivity contribution in [3.63, 3.8) is 0 Å². The van der Waals surface area contributed by atoms with Crippen LogP contribution in [-0.4, -0.2) is 15.1 Å². The number of nitrogens with zero attached hydrogens (tertiary/aromatic N) is 3. The largest absolute Gasteiger partial charge is 0.350 e. The zero-order valence-corrected chi connectivity index (χ0v) is 12.2. The second-order valence-electron chi connectivity index (χ2n) is 5.96. The highest BCUT2D eigenvalue weighted by Crippen LogP contribution is 2.09. The van der Waals surface area contributed by atoms with E-state index in [1.165, 1.54) is 5.56 Å². The van der Waals surface area contributed by atoms with E-state index < -0.39 is 0 Å². The first kappa shape index (κ1) is 14.3. The molecule has 0 saturated carbocycles. The van der Waals surface area contributed by atoms with Crippen molar-refractivity contribution in [3.8, 4) is 6.07 Å². The smallest absolute Gasteiger partial charge is 0.140 e. The van der Waals surface area contributed by atoms with E-state index in [0.717, 1.165) is 18.7 Å². The van der Waals surface area contributed by atoms with E-state index >= 15 is 0 Å². The van der Waals surface area contributed by atoms with E-state index in [4.69, 9.17) is 5.26 Å². The van der Waals surface area contributed by atoms with Crippen molar-refractivity contribution in [1.82, 2.24) is 14.9 Å². The van der Waals surface area contributed by atoms with Crippen LogP contribution < -0.4 is 5.32 Å². The average Bonchev–Trinajstić information content (AvgIpc) is 2.83. The molecule has 0 atom stereocenters. The highest BCUT2D eigenvalue weighted by molar-refractivity contribution is 5.26. The Morgan fingerprint density at radius 3 is 2.80 bits per heavy atom. The molecule has 1 N–H and O–H groups in total. The van der Waals surface area contributed by atoms with Gasteiger partial charge in [-0.05, 0) is 50.1 Å². The molecule has 0 saturated heterocycles. The number of pyridine rings is 1. The molecule has 0 aromatic carbocycles. The normalized spacial score (nSPS) is 11.3. The van der Waals surface area contributed by atoms with Crippen LogP contribution in [0.4, 0.5) is 0 Å². The first-order valence-electron chi connectivity index (χ1n) is 6.71. The van der Waals surface area contributed by atoms with Crippen molar-refractivity contribution in [1.29, 1.82) is 5.26 Å². The highest BCUT2D eigenvalue weighted by Gasteiger charge is 2.08. The summed E-state index contributed by atoms with van der Waals surface area (Å²) in [7, 11) is 0. The van der Waals surface area contributed by atoms with Gasteiger partial charge >= 0.3 is 0 Å². The molecule has 0 amide bonds. The van der Waals surface area contributed by atoms with Gasteiger partial charge in [0.2, 0.25) is 0 Å². The maximum absolute atomic E-state index is 8.85. The fourth-order valence-corrected chi connectivity index (χ4v) is 1.91. The van der Waals surface area contributed by atoms with Crippen LogP contribution in [0.1, 0.15) is 37.6 Å². The van der Waals surface area contributed by atoms with Gasteiger partial charge in [0, 0.05) is 37.2 Å². The molecule has 0 fully saturated rings. The minimum absolute atomic E-state index is 0.120. The van der Waals surface area contributed by atoms with E-state index in [9.17, 15) is 0 Å². The third-order valence-corrected chi connectivity index (χ3v) is 2.94. The van der Waals surface area contributed by atoms with Gasteiger partial charge in [-0.2, -0.15) is 5.26 Å². The fraction of sp³-hybridized carbons (Fsp3) is 0.375. The zero-order valence-electron chi connectivity index (χ0n) is 12.2. The number of aromatic nitrogens is 2. The molecule has 2 heterocycles. The zero-order chi connectivity index (χ0) is 14.6. The van der Waals surface area contributed by atoms with Crippen LogP contribution in [0.25, 0.3) is 0 Å². The maximum Gasteiger partial charge on any atom is 0.140 e. The minimum atomic E-state index is 0.120. The summed E-state index contributed by atoms with van der Waals surface area (Å²) in [5, 5.41) is 12.3. The number of rotatable bonds is 4. The SMILES string of the molecule is CC(C)(C)NCc1ccn(Cc2ccnc(C#N)c2)c1. The summed E-state index contributed by atoms with van der Waals surface area (Å²) in [6.45, 7) is 8.09. The molecule has 0 radical (unpaired) electrons. The third kappa shape index (κ3) is 4.22. The Bertz CT molecular complexity index is 614. The molecule has 0 spiro atoms. The molecule has 0 aliphatic carbocycles. The molecule has 4 nitrogen and oxygen atoms in total. The fourth-order valence-electron chi connectivity index (χ4n) is 1.91. The molecule has 2 aromatic rings. The molecule has 2 rings (SSSR count). The topological polar surface area (TPSA) is 53.6 Å². The third-order valence-electron chi connectivity index (χ3n) is 2.94. The van der Waals surface area contributed by atoms with Crippen molar-refractivity contribution >= 4 is 0 Å². The van der Waals surface area contributed by atoms with Gasteiger partial charge in [0.1, 0.15) is 11.8 Å². The second-order valence-corrected chi connectivity index (χ2v) is 5.96. The number of hydrogen-bond acceptors (Lipinski definition) is 3. The van der Waals surface area contributed by atoms with Crippen LogP contribution in [0.15, 0.2) is 36.8 Å². The molecule has 0 unspecified atom stereocenters. The Morgan fingerprint density at radius 1 is 1.30 bits per heavy atom.